The third kappa shape index (κ3) is 2.10. The van der Waals surface area contributed by atoms with Gasteiger partial charge in [-0.3, -0.25) is 0 Å². The van der Waals surface area contributed by atoms with Gasteiger partial charge in [0.05, 0.1) is 0 Å². The summed E-state index contributed by atoms with van der Waals surface area (Å²) in [6, 6.07) is 0. The van der Waals surface area contributed by atoms with Crippen molar-refractivity contribution in [1.29, 1.82) is 0 Å². The molecule has 0 spiro atoms. The van der Waals surface area contributed by atoms with Crippen molar-refractivity contribution in [3.05, 3.63) is 35.5 Å². The number of hydrogen-bond acceptors (Lipinski definition) is 1. The number of hydrogen-bond donors (Lipinski definition) is 1. The maximum Gasteiger partial charge on any atom is -0.000812 e. The lowest BCUT2D eigenvalue weighted by Crippen LogP contribution is -2.14. The zero-order valence-electron chi connectivity index (χ0n) is 8.22. The maximum absolute atomic E-state index is 3.43. The number of rotatable bonds is 0. The lowest BCUT2D eigenvalue weighted by molar-refractivity contribution is 0.709. The van der Waals surface area contributed by atoms with Crippen LogP contribution in [0.2, 0.25) is 0 Å². The van der Waals surface area contributed by atoms with Crippen molar-refractivity contribution in [2.24, 2.45) is 5.92 Å². The Bertz CT molecular complexity index is 245. The SMILES string of the molecule is CC1C=CC2=C(C=C1)CCNCC2. The summed E-state index contributed by atoms with van der Waals surface area (Å²) in [5.41, 5.74) is 3.07. The van der Waals surface area contributed by atoms with Crippen LogP contribution in [0.4, 0.5) is 0 Å². The molecule has 1 N–H and O–H groups in total. The standard InChI is InChI=1S/C12H17N/c1-10-2-4-11-6-8-13-9-7-12(11)5-3-10/h2-5,10,13H,6-9H2,1H3. The molecule has 1 heterocycles. The second-order valence-corrected chi connectivity index (χ2v) is 3.88. The van der Waals surface area contributed by atoms with Crippen LogP contribution >= 0.6 is 0 Å². The minimum Gasteiger partial charge on any atom is -0.316 e. The fraction of sp³-hybridized carbons (Fsp3) is 0.500. The maximum atomic E-state index is 3.43. The van der Waals surface area contributed by atoms with E-state index in [1.807, 2.05) is 0 Å². The molecule has 0 fully saturated rings. The smallest absolute Gasteiger partial charge is 0.000812 e. The Morgan fingerprint density at radius 3 is 2.15 bits per heavy atom. The average molecular weight is 175 g/mol. The topological polar surface area (TPSA) is 12.0 Å². The van der Waals surface area contributed by atoms with Gasteiger partial charge in [0.15, 0.2) is 0 Å². The normalized spacial score (nSPS) is 24.1. The van der Waals surface area contributed by atoms with Crippen LogP contribution in [0.1, 0.15) is 19.8 Å². The van der Waals surface area contributed by atoms with Gasteiger partial charge in [-0.25, -0.2) is 0 Å². The fourth-order valence-electron chi connectivity index (χ4n) is 1.87. The van der Waals surface area contributed by atoms with Gasteiger partial charge in [0, 0.05) is 0 Å². The molecule has 0 amide bonds. The van der Waals surface area contributed by atoms with Gasteiger partial charge in [-0.15, -0.1) is 0 Å². The summed E-state index contributed by atoms with van der Waals surface area (Å²) in [5.74, 6) is 0.597. The van der Waals surface area contributed by atoms with Gasteiger partial charge >= 0.3 is 0 Å². The highest BCUT2D eigenvalue weighted by atomic mass is 14.8. The highest BCUT2D eigenvalue weighted by Gasteiger charge is 2.08. The highest BCUT2D eigenvalue weighted by molar-refractivity contribution is 5.37. The predicted octanol–water partition coefficient (Wildman–Crippen LogP) is 2.43. The van der Waals surface area contributed by atoms with Crippen LogP contribution in [-0.2, 0) is 0 Å². The van der Waals surface area contributed by atoms with E-state index in [0.29, 0.717) is 5.92 Å². The van der Waals surface area contributed by atoms with Gasteiger partial charge < -0.3 is 5.32 Å². The predicted molar refractivity (Wildman–Crippen MR) is 56.6 cm³/mol. The quantitative estimate of drug-likeness (QED) is 0.596. The molecule has 1 aliphatic heterocycles. The first-order chi connectivity index (χ1) is 6.36. The van der Waals surface area contributed by atoms with E-state index in [-0.39, 0.29) is 0 Å². The van der Waals surface area contributed by atoms with Crippen LogP contribution in [0.15, 0.2) is 35.5 Å². The molecule has 0 radical (unpaired) electrons. The summed E-state index contributed by atoms with van der Waals surface area (Å²) in [4.78, 5) is 0. The highest BCUT2D eigenvalue weighted by Crippen LogP contribution is 2.22. The molecule has 0 saturated heterocycles. The average Bonchev–Trinajstić information content (AvgIpc) is 2.43. The third-order valence-corrected chi connectivity index (χ3v) is 2.76. The second kappa shape index (κ2) is 3.93. The third-order valence-electron chi connectivity index (χ3n) is 2.76. The van der Waals surface area contributed by atoms with Crippen molar-refractivity contribution < 1.29 is 0 Å². The van der Waals surface area contributed by atoms with Gasteiger partial charge in [-0.1, -0.05) is 31.2 Å². The summed E-state index contributed by atoms with van der Waals surface area (Å²) < 4.78 is 0. The van der Waals surface area contributed by atoms with E-state index in [1.54, 1.807) is 0 Å². The summed E-state index contributed by atoms with van der Waals surface area (Å²) in [5, 5.41) is 3.43. The van der Waals surface area contributed by atoms with Crippen LogP contribution in [0.5, 0.6) is 0 Å². The first-order valence-electron chi connectivity index (χ1n) is 5.15. The molecule has 2 aliphatic rings. The van der Waals surface area contributed by atoms with Gasteiger partial charge in [0.1, 0.15) is 0 Å². The Morgan fingerprint density at radius 2 is 1.62 bits per heavy atom. The minimum atomic E-state index is 0.597. The fourth-order valence-corrected chi connectivity index (χ4v) is 1.87. The van der Waals surface area contributed by atoms with Crippen molar-refractivity contribution in [1.82, 2.24) is 5.32 Å². The lowest BCUT2D eigenvalue weighted by atomic mass is 10.0. The molecule has 1 nitrogen and oxygen atoms in total. The van der Waals surface area contributed by atoms with Crippen LogP contribution in [0.3, 0.4) is 0 Å². The van der Waals surface area contributed by atoms with Crippen molar-refractivity contribution in [3.8, 4) is 0 Å². The molecule has 1 aliphatic carbocycles. The van der Waals surface area contributed by atoms with Crippen molar-refractivity contribution in [2.45, 2.75) is 19.8 Å². The Labute approximate surface area is 80.2 Å². The first kappa shape index (κ1) is 8.76. The second-order valence-electron chi connectivity index (χ2n) is 3.88. The van der Waals surface area contributed by atoms with E-state index < -0.39 is 0 Å². The Balaban J connectivity index is 2.25. The van der Waals surface area contributed by atoms with Crippen LogP contribution < -0.4 is 5.32 Å². The molecule has 0 unspecified atom stereocenters. The molecule has 13 heavy (non-hydrogen) atoms. The molecular weight excluding hydrogens is 158 g/mol. The molecule has 0 atom stereocenters. The van der Waals surface area contributed by atoms with E-state index in [4.69, 9.17) is 0 Å². The molecule has 0 aromatic carbocycles. The monoisotopic (exact) mass is 175 g/mol. The Hall–Kier alpha value is -0.820. The largest absolute Gasteiger partial charge is 0.316 e. The van der Waals surface area contributed by atoms with Crippen molar-refractivity contribution >= 4 is 0 Å². The van der Waals surface area contributed by atoms with E-state index in [2.05, 4.69) is 36.5 Å². The zero-order chi connectivity index (χ0) is 9.10. The summed E-state index contributed by atoms with van der Waals surface area (Å²) in [6.45, 7) is 4.49. The van der Waals surface area contributed by atoms with Crippen LogP contribution in [0.25, 0.3) is 0 Å². The number of nitrogens with one attached hydrogen (secondary N) is 1. The van der Waals surface area contributed by atoms with E-state index in [1.165, 1.54) is 24.0 Å². The van der Waals surface area contributed by atoms with E-state index >= 15 is 0 Å². The molecule has 1 heteroatoms. The van der Waals surface area contributed by atoms with Crippen molar-refractivity contribution in [2.75, 3.05) is 13.1 Å². The van der Waals surface area contributed by atoms with Gasteiger partial charge in [0.2, 0.25) is 0 Å². The molecule has 0 aromatic heterocycles. The Morgan fingerprint density at radius 1 is 1.08 bits per heavy atom. The van der Waals surface area contributed by atoms with E-state index in [0.717, 1.165) is 13.1 Å². The van der Waals surface area contributed by atoms with Crippen LogP contribution in [0, 0.1) is 5.92 Å². The van der Waals surface area contributed by atoms with Gasteiger partial charge in [0.25, 0.3) is 0 Å². The molecule has 70 valence electrons. The summed E-state index contributed by atoms with van der Waals surface area (Å²) in [7, 11) is 0. The molecular formula is C12H17N. The zero-order valence-corrected chi connectivity index (χ0v) is 8.22. The first-order valence-corrected chi connectivity index (χ1v) is 5.15. The van der Waals surface area contributed by atoms with Gasteiger partial charge in [-0.05, 0) is 43.0 Å². The van der Waals surface area contributed by atoms with E-state index in [9.17, 15) is 0 Å². The molecule has 0 saturated carbocycles. The lowest BCUT2D eigenvalue weighted by Gasteiger charge is -2.01. The summed E-state index contributed by atoms with van der Waals surface area (Å²) >= 11 is 0. The molecule has 0 aromatic rings. The minimum absolute atomic E-state index is 0.597. The van der Waals surface area contributed by atoms with Gasteiger partial charge in [-0.2, -0.15) is 0 Å². The summed E-state index contributed by atoms with van der Waals surface area (Å²) in [6.07, 6.45) is 11.6. The Kier molecular flexibility index (Phi) is 2.65. The molecule has 0 bridgehead atoms. The number of allylic oxidation sites excluding steroid dienone is 4. The molecule has 2 rings (SSSR count). The van der Waals surface area contributed by atoms with Crippen LogP contribution in [-0.4, -0.2) is 13.1 Å². The van der Waals surface area contributed by atoms with Crippen molar-refractivity contribution in [3.63, 3.8) is 0 Å².